The zero-order chi connectivity index (χ0) is 14.8. The highest BCUT2D eigenvalue weighted by Gasteiger charge is 2.10. The molecule has 0 N–H and O–H groups in total. The van der Waals surface area contributed by atoms with Crippen molar-refractivity contribution in [2.45, 2.75) is 0 Å². The molecule has 0 saturated heterocycles. The van der Waals surface area contributed by atoms with Crippen LogP contribution in [0.3, 0.4) is 0 Å². The Morgan fingerprint density at radius 2 is 1.57 bits per heavy atom. The van der Waals surface area contributed by atoms with Gasteiger partial charge in [0.15, 0.2) is 0 Å². The standard InChI is InChI=1S/C17H14INO2/c1-20-13-7-12(8-14(10-13)21-2)17-15(18)9-11-5-3-4-6-16(11)19-17/h3-10H,1-2H3. The molecule has 2 aromatic carbocycles. The monoisotopic (exact) mass is 391 g/mol. The molecule has 21 heavy (non-hydrogen) atoms. The average Bonchev–Trinajstić information content (AvgIpc) is 2.53. The minimum Gasteiger partial charge on any atom is -0.497 e. The van der Waals surface area contributed by atoms with Crippen LogP contribution in [0.1, 0.15) is 0 Å². The third kappa shape index (κ3) is 2.81. The molecule has 0 fully saturated rings. The molecule has 3 aromatic rings. The van der Waals surface area contributed by atoms with Gasteiger partial charge in [0, 0.05) is 20.6 Å². The van der Waals surface area contributed by atoms with Crippen molar-refractivity contribution in [1.82, 2.24) is 4.98 Å². The van der Waals surface area contributed by atoms with Crippen LogP contribution in [-0.2, 0) is 0 Å². The Morgan fingerprint density at radius 3 is 2.24 bits per heavy atom. The molecule has 0 unspecified atom stereocenters. The lowest BCUT2D eigenvalue weighted by Crippen LogP contribution is -1.93. The molecule has 1 aromatic heterocycles. The van der Waals surface area contributed by atoms with Gasteiger partial charge in [-0.05, 0) is 46.9 Å². The maximum atomic E-state index is 5.34. The number of benzene rings is 2. The molecule has 0 bridgehead atoms. The van der Waals surface area contributed by atoms with E-state index in [4.69, 9.17) is 14.5 Å². The van der Waals surface area contributed by atoms with Crippen LogP contribution in [0, 0.1) is 3.57 Å². The van der Waals surface area contributed by atoms with E-state index in [-0.39, 0.29) is 0 Å². The van der Waals surface area contributed by atoms with Crippen LogP contribution in [0.25, 0.3) is 22.2 Å². The van der Waals surface area contributed by atoms with Crippen molar-refractivity contribution >= 4 is 33.5 Å². The summed E-state index contributed by atoms with van der Waals surface area (Å²) in [6, 6.07) is 16.1. The van der Waals surface area contributed by atoms with Crippen molar-refractivity contribution in [1.29, 1.82) is 0 Å². The van der Waals surface area contributed by atoms with Crippen molar-refractivity contribution in [2.24, 2.45) is 0 Å². The second-order valence-corrected chi connectivity index (χ2v) is 5.78. The van der Waals surface area contributed by atoms with Gasteiger partial charge >= 0.3 is 0 Å². The van der Waals surface area contributed by atoms with Crippen LogP contribution in [0.2, 0.25) is 0 Å². The predicted octanol–water partition coefficient (Wildman–Crippen LogP) is 4.52. The highest BCUT2D eigenvalue weighted by atomic mass is 127. The van der Waals surface area contributed by atoms with Gasteiger partial charge in [-0.3, -0.25) is 0 Å². The molecule has 0 aliphatic rings. The minimum absolute atomic E-state index is 0.759. The summed E-state index contributed by atoms with van der Waals surface area (Å²) in [7, 11) is 3.30. The SMILES string of the molecule is COc1cc(OC)cc(-c2nc3ccccc3cc2I)c1. The van der Waals surface area contributed by atoms with Gasteiger partial charge in [-0.1, -0.05) is 18.2 Å². The van der Waals surface area contributed by atoms with Crippen molar-refractivity contribution in [3.8, 4) is 22.8 Å². The minimum atomic E-state index is 0.759. The van der Waals surface area contributed by atoms with E-state index >= 15 is 0 Å². The second-order valence-electron chi connectivity index (χ2n) is 4.61. The number of halogens is 1. The van der Waals surface area contributed by atoms with Crippen LogP contribution in [0.15, 0.2) is 48.5 Å². The van der Waals surface area contributed by atoms with Crippen molar-refractivity contribution in [3.63, 3.8) is 0 Å². The summed E-state index contributed by atoms with van der Waals surface area (Å²) in [6.07, 6.45) is 0. The molecule has 0 radical (unpaired) electrons. The van der Waals surface area contributed by atoms with Crippen molar-refractivity contribution < 1.29 is 9.47 Å². The fraction of sp³-hybridized carbons (Fsp3) is 0.118. The average molecular weight is 391 g/mol. The van der Waals surface area contributed by atoms with Gasteiger partial charge in [0.05, 0.1) is 25.4 Å². The smallest absolute Gasteiger partial charge is 0.123 e. The summed E-state index contributed by atoms with van der Waals surface area (Å²) >= 11 is 2.32. The molecule has 4 heteroatoms. The van der Waals surface area contributed by atoms with E-state index in [0.29, 0.717) is 0 Å². The largest absolute Gasteiger partial charge is 0.497 e. The molecule has 0 saturated carbocycles. The molecule has 0 spiro atoms. The molecule has 0 aliphatic heterocycles. The fourth-order valence-electron chi connectivity index (χ4n) is 2.24. The van der Waals surface area contributed by atoms with Gasteiger partial charge < -0.3 is 9.47 Å². The van der Waals surface area contributed by atoms with Gasteiger partial charge in [0.1, 0.15) is 11.5 Å². The van der Waals surface area contributed by atoms with Crippen LogP contribution < -0.4 is 9.47 Å². The molecule has 0 aliphatic carbocycles. The van der Waals surface area contributed by atoms with Gasteiger partial charge in [-0.2, -0.15) is 0 Å². The first-order valence-corrected chi connectivity index (χ1v) is 7.58. The lowest BCUT2D eigenvalue weighted by Gasteiger charge is -2.10. The topological polar surface area (TPSA) is 31.4 Å². The molecule has 0 amide bonds. The third-order valence-electron chi connectivity index (χ3n) is 3.30. The number of nitrogens with zero attached hydrogens (tertiary/aromatic N) is 1. The first-order chi connectivity index (χ1) is 10.2. The summed E-state index contributed by atoms with van der Waals surface area (Å²) in [5.74, 6) is 1.52. The number of hydrogen-bond donors (Lipinski definition) is 0. The quantitative estimate of drug-likeness (QED) is 0.616. The highest BCUT2D eigenvalue weighted by Crippen LogP contribution is 2.32. The lowest BCUT2D eigenvalue weighted by molar-refractivity contribution is 0.394. The Labute approximate surface area is 137 Å². The Bertz CT molecular complexity index is 780. The first kappa shape index (κ1) is 14.1. The zero-order valence-corrected chi connectivity index (χ0v) is 13.9. The molecule has 3 nitrogen and oxygen atoms in total. The number of ether oxygens (including phenoxy) is 2. The van der Waals surface area contributed by atoms with Crippen molar-refractivity contribution in [2.75, 3.05) is 14.2 Å². The van der Waals surface area contributed by atoms with Gasteiger partial charge in [-0.25, -0.2) is 4.98 Å². The summed E-state index contributed by atoms with van der Waals surface area (Å²) in [5.41, 5.74) is 2.91. The van der Waals surface area contributed by atoms with E-state index in [0.717, 1.165) is 37.2 Å². The molecule has 1 heterocycles. The number of para-hydroxylation sites is 1. The number of rotatable bonds is 3. The number of aromatic nitrogens is 1. The Morgan fingerprint density at radius 1 is 0.905 bits per heavy atom. The van der Waals surface area contributed by atoms with Crippen LogP contribution >= 0.6 is 22.6 Å². The molecular weight excluding hydrogens is 377 g/mol. The fourth-order valence-corrected chi connectivity index (χ4v) is 3.00. The number of pyridine rings is 1. The van der Waals surface area contributed by atoms with E-state index in [1.807, 2.05) is 36.4 Å². The lowest BCUT2D eigenvalue weighted by atomic mass is 10.1. The van der Waals surface area contributed by atoms with Crippen LogP contribution in [0.4, 0.5) is 0 Å². The summed E-state index contributed by atoms with van der Waals surface area (Å²) in [6.45, 7) is 0. The molecule has 106 valence electrons. The van der Waals surface area contributed by atoms with Gasteiger partial charge in [0.2, 0.25) is 0 Å². The highest BCUT2D eigenvalue weighted by molar-refractivity contribution is 14.1. The van der Waals surface area contributed by atoms with E-state index in [1.54, 1.807) is 14.2 Å². The van der Waals surface area contributed by atoms with E-state index in [1.165, 1.54) is 0 Å². The molecular formula is C17H14INO2. The maximum Gasteiger partial charge on any atom is 0.123 e. The van der Waals surface area contributed by atoms with Crippen LogP contribution in [0.5, 0.6) is 11.5 Å². The Balaban J connectivity index is 2.21. The first-order valence-electron chi connectivity index (χ1n) is 6.50. The third-order valence-corrected chi connectivity index (χ3v) is 4.12. The van der Waals surface area contributed by atoms with E-state index in [9.17, 15) is 0 Å². The number of hydrogen-bond acceptors (Lipinski definition) is 3. The zero-order valence-electron chi connectivity index (χ0n) is 11.8. The van der Waals surface area contributed by atoms with E-state index in [2.05, 4.69) is 34.7 Å². The van der Waals surface area contributed by atoms with Crippen molar-refractivity contribution in [3.05, 3.63) is 52.1 Å². The Kier molecular flexibility index (Phi) is 3.96. The Hall–Kier alpha value is -1.82. The van der Waals surface area contributed by atoms with Gasteiger partial charge in [-0.15, -0.1) is 0 Å². The van der Waals surface area contributed by atoms with Gasteiger partial charge in [0.25, 0.3) is 0 Å². The second kappa shape index (κ2) is 5.89. The summed E-state index contributed by atoms with van der Waals surface area (Å²) in [4.78, 5) is 4.78. The summed E-state index contributed by atoms with van der Waals surface area (Å²) in [5, 5.41) is 1.14. The number of methoxy groups -OCH3 is 2. The summed E-state index contributed by atoms with van der Waals surface area (Å²) < 4.78 is 11.8. The molecule has 0 atom stereocenters. The number of fused-ring (bicyclic) bond motifs is 1. The molecule has 3 rings (SSSR count). The van der Waals surface area contributed by atoms with Crippen LogP contribution in [-0.4, -0.2) is 19.2 Å². The van der Waals surface area contributed by atoms with E-state index < -0.39 is 0 Å². The normalized spacial score (nSPS) is 10.6. The predicted molar refractivity (Wildman–Crippen MR) is 93.0 cm³/mol. The maximum absolute atomic E-state index is 5.34.